The van der Waals surface area contributed by atoms with E-state index in [-0.39, 0.29) is 11.8 Å². The molecule has 2 heterocycles. The molecule has 2 aromatic rings. The highest BCUT2D eigenvalue weighted by Gasteiger charge is 2.40. The van der Waals surface area contributed by atoms with Crippen LogP contribution in [0.25, 0.3) is 17.6 Å². The van der Waals surface area contributed by atoms with Crippen LogP contribution in [0.5, 0.6) is 0 Å². The molecule has 9 nitrogen and oxygen atoms in total. The molecule has 0 spiro atoms. The average molecular weight is 462 g/mol. The summed E-state index contributed by atoms with van der Waals surface area (Å²) >= 11 is 0. The van der Waals surface area contributed by atoms with Crippen molar-refractivity contribution in [1.82, 2.24) is 24.6 Å². The first kappa shape index (κ1) is 22.8. The van der Waals surface area contributed by atoms with Crippen LogP contribution in [0.4, 0.5) is 31.1 Å². The minimum absolute atomic E-state index is 0.0389. The molecule has 15 heteroatoms. The molecule has 1 fully saturated rings. The van der Waals surface area contributed by atoms with Gasteiger partial charge in [-0.1, -0.05) is 0 Å². The maximum atomic E-state index is 13.1. The Morgan fingerprint density at radius 2 is 1.62 bits per heavy atom. The summed E-state index contributed by atoms with van der Waals surface area (Å²) in [6.07, 6.45) is -8.29. The highest BCUT2D eigenvalue weighted by Crippen LogP contribution is 2.38. The molecular weight excluding hydrogens is 450 g/mol. The van der Waals surface area contributed by atoms with Crippen molar-refractivity contribution in [3.05, 3.63) is 41.4 Å². The molecule has 0 saturated carbocycles. The standard InChI is InChI=1S/C17H12F6N6O3/c1-27-14(31)11(29(15(27)32)6-12(24)30)5-28-7-25-13(26-28)8-2-9(16(18,19)20)4-10(3-8)17(21,22)23/h2-5,7H,6H2,1H3,(H2,24,30). The van der Waals surface area contributed by atoms with Gasteiger partial charge < -0.3 is 5.73 Å². The Balaban J connectivity index is 2.04. The van der Waals surface area contributed by atoms with Crippen molar-refractivity contribution in [2.75, 3.05) is 13.6 Å². The molecule has 32 heavy (non-hydrogen) atoms. The van der Waals surface area contributed by atoms with Crippen LogP contribution in [-0.4, -0.2) is 56.0 Å². The molecule has 0 aliphatic carbocycles. The predicted molar refractivity (Wildman–Crippen MR) is 93.8 cm³/mol. The lowest BCUT2D eigenvalue weighted by Crippen LogP contribution is -2.36. The molecule has 1 aliphatic heterocycles. The average Bonchev–Trinajstić information content (AvgIpc) is 3.22. The quantitative estimate of drug-likeness (QED) is 0.425. The molecule has 1 aromatic carbocycles. The fourth-order valence-corrected chi connectivity index (χ4v) is 2.77. The fraction of sp³-hybridized carbons (Fsp3) is 0.235. The number of carbonyl (C=O) groups excluding carboxylic acids is 3. The zero-order valence-corrected chi connectivity index (χ0v) is 15.9. The number of amides is 4. The molecule has 1 saturated heterocycles. The lowest BCUT2D eigenvalue weighted by molar-refractivity contribution is -0.143. The van der Waals surface area contributed by atoms with Crippen molar-refractivity contribution in [1.29, 1.82) is 0 Å². The van der Waals surface area contributed by atoms with Crippen molar-refractivity contribution >= 4 is 24.0 Å². The number of imide groups is 1. The molecule has 2 N–H and O–H groups in total. The van der Waals surface area contributed by atoms with Gasteiger partial charge in [0, 0.05) is 12.6 Å². The number of primary amides is 1. The lowest BCUT2D eigenvalue weighted by Gasteiger charge is -2.13. The van der Waals surface area contributed by atoms with Crippen LogP contribution in [0.15, 0.2) is 30.2 Å². The zero-order chi connectivity index (χ0) is 24.0. The van der Waals surface area contributed by atoms with Crippen LogP contribution in [0, 0.1) is 0 Å². The van der Waals surface area contributed by atoms with E-state index in [0.717, 1.165) is 29.2 Å². The first-order chi connectivity index (χ1) is 14.7. The second-order valence-corrected chi connectivity index (χ2v) is 6.56. The highest BCUT2D eigenvalue weighted by molar-refractivity contribution is 6.13. The Morgan fingerprint density at radius 3 is 2.12 bits per heavy atom. The van der Waals surface area contributed by atoms with Gasteiger partial charge in [0.25, 0.3) is 5.91 Å². The van der Waals surface area contributed by atoms with Gasteiger partial charge in [0.2, 0.25) is 5.91 Å². The number of nitrogens with two attached hydrogens (primary N) is 1. The van der Waals surface area contributed by atoms with Crippen LogP contribution >= 0.6 is 0 Å². The molecule has 0 unspecified atom stereocenters. The Labute approximate surface area is 174 Å². The predicted octanol–water partition coefficient (Wildman–Crippen LogP) is 2.16. The van der Waals surface area contributed by atoms with Gasteiger partial charge in [-0.25, -0.2) is 14.5 Å². The van der Waals surface area contributed by atoms with Crippen LogP contribution in [0.1, 0.15) is 11.1 Å². The van der Waals surface area contributed by atoms with E-state index in [9.17, 15) is 40.7 Å². The minimum Gasteiger partial charge on any atom is -0.368 e. The minimum atomic E-state index is -5.06. The van der Waals surface area contributed by atoms with Gasteiger partial charge in [-0.05, 0) is 18.2 Å². The molecule has 1 aromatic heterocycles. The van der Waals surface area contributed by atoms with Gasteiger partial charge in [0.1, 0.15) is 18.6 Å². The summed E-state index contributed by atoms with van der Waals surface area (Å²) < 4.78 is 79.1. The number of hydrogen-bond acceptors (Lipinski definition) is 5. The van der Waals surface area contributed by atoms with E-state index in [4.69, 9.17) is 5.73 Å². The number of rotatable bonds is 4. The lowest BCUT2D eigenvalue weighted by atomic mass is 10.0. The van der Waals surface area contributed by atoms with E-state index in [1.54, 1.807) is 0 Å². The van der Waals surface area contributed by atoms with Crippen LogP contribution in [0.3, 0.4) is 0 Å². The molecule has 0 radical (unpaired) electrons. The normalized spacial score (nSPS) is 16.4. The third-order valence-corrected chi connectivity index (χ3v) is 4.26. The molecule has 0 bridgehead atoms. The van der Waals surface area contributed by atoms with Gasteiger partial charge in [-0.15, -0.1) is 5.10 Å². The maximum Gasteiger partial charge on any atom is 0.416 e. The SMILES string of the molecule is CN1C(=O)C(=Cn2cnc(-c3cc(C(F)(F)F)cc(C(F)(F)F)c3)n2)N(CC(N)=O)C1=O. The number of aromatic nitrogens is 3. The Kier molecular flexibility index (Phi) is 5.44. The van der Waals surface area contributed by atoms with Gasteiger partial charge in [0.05, 0.1) is 17.3 Å². The molecule has 170 valence electrons. The van der Waals surface area contributed by atoms with Gasteiger partial charge in [-0.2, -0.15) is 26.3 Å². The second-order valence-electron chi connectivity index (χ2n) is 6.56. The van der Waals surface area contributed by atoms with E-state index in [1.807, 2.05) is 0 Å². The van der Waals surface area contributed by atoms with Crippen molar-refractivity contribution in [2.24, 2.45) is 5.73 Å². The molecule has 3 rings (SSSR count). The van der Waals surface area contributed by atoms with Crippen molar-refractivity contribution in [2.45, 2.75) is 12.4 Å². The Bertz CT molecular complexity index is 1100. The number of hydrogen-bond donors (Lipinski definition) is 1. The first-order valence-electron chi connectivity index (χ1n) is 8.49. The van der Waals surface area contributed by atoms with Gasteiger partial charge in [-0.3, -0.25) is 19.4 Å². The summed E-state index contributed by atoms with van der Waals surface area (Å²) in [4.78, 5) is 40.6. The van der Waals surface area contributed by atoms with E-state index < -0.39 is 59.3 Å². The maximum absolute atomic E-state index is 13.1. The summed E-state index contributed by atoms with van der Waals surface area (Å²) in [6, 6.07) is -0.0185. The van der Waals surface area contributed by atoms with E-state index in [2.05, 4.69) is 10.1 Å². The summed E-state index contributed by atoms with van der Waals surface area (Å²) in [5, 5.41) is 3.76. The number of urea groups is 1. The topological polar surface area (TPSA) is 114 Å². The largest absolute Gasteiger partial charge is 0.416 e. The summed E-state index contributed by atoms with van der Waals surface area (Å²) in [5.41, 5.74) is 1.01. The zero-order valence-electron chi connectivity index (χ0n) is 15.9. The van der Waals surface area contributed by atoms with E-state index >= 15 is 0 Å². The number of alkyl halides is 6. The third kappa shape index (κ3) is 4.40. The van der Waals surface area contributed by atoms with Crippen LogP contribution < -0.4 is 5.73 Å². The number of halogens is 6. The van der Waals surface area contributed by atoms with Crippen molar-refractivity contribution in [3.63, 3.8) is 0 Å². The van der Waals surface area contributed by atoms with Crippen LogP contribution in [-0.2, 0) is 21.9 Å². The van der Waals surface area contributed by atoms with Crippen LogP contribution in [0.2, 0.25) is 0 Å². The molecule has 4 amide bonds. The molecule has 1 aliphatic rings. The van der Waals surface area contributed by atoms with Crippen molar-refractivity contribution in [3.8, 4) is 11.4 Å². The smallest absolute Gasteiger partial charge is 0.368 e. The van der Waals surface area contributed by atoms with Gasteiger partial charge in [0.15, 0.2) is 5.82 Å². The second kappa shape index (κ2) is 7.65. The Hall–Kier alpha value is -3.91. The first-order valence-corrected chi connectivity index (χ1v) is 8.49. The number of nitrogens with zero attached hydrogens (tertiary/aromatic N) is 5. The number of likely N-dealkylation sites (N-methyl/N-ethyl adjacent to an activating group) is 1. The van der Waals surface area contributed by atoms with Gasteiger partial charge >= 0.3 is 18.4 Å². The monoisotopic (exact) mass is 462 g/mol. The fourth-order valence-electron chi connectivity index (χ4n) is 2.77. The molecule has 0 atom stereocenters. The van der Waals surface area contributed by atoms with E-state index in [0.29, 0.717) is 17.0 Å². The van der Waals surface area contributed by atoms with E-state index in [1.165, 1.54) is 0 Å². The van der Waals surface area contributed by atoms with Crippen molar-refractivity contribution < 1.29 is 40.7 Å². The number of benzene rings is 1. The third-order valence-electron chi connectivity index (χ3n) is 4.26. The summed E-state index contributed by atoms with van der Waals surface area (Å²) in [7, 11) is 1.13. The summed E-state index contributed by atoms with van der Waals surface area (Å²) in [5.74, 6) is -2.29. The molecular formula is C17H12F6N6O3. The number of carbonyl (C=O) groups is 3. The Morgan fingerprint density at radius 1 is 1.06 bits per heavy atom. The summed E-state index contributed by atoms with van der Waals surface area (Å²) in [6.45, 7) is -0.648. The highest BCUT2D eigenvalue weighted by atomic mass is 19.4.